The van der Waals surface area contributed by atoms with E-state index in [1.165, 1.54) is 0 Å². The molecule has 0 amide bonds. The maximum absolute atomic E-state index is 7.00. The summed E-state index contributed by atoms with van der Waals surface area (Å²) in [5.74, 6) is 0. The van der Waals surface area contributed by atoms with E-state index in [1.54, 1.807) is 0 Å². The van der Waals surface area contributed by atoms with Crippen molar-refractivity contribution < 1.29 is 29.7 Å². The molecule has 0 unspecified atom stereocenters. The Morgan fingerprint density at radius 1 is 0.714 bits per heavy atom. The fourth-order valence-electron chi connectivity index (χ4n) is 0. The van der Waals surface area contributed by atoms with Gasteiger partial charge in [0.2, 0.25) is 0 Å². The van der Waals surface area contributed by atoms with Crippen molar-refractivity contribution in [3.8, 4) is 0 Å². The van der Waals surface area contributed by atoms with E-state index in [9.17, 15) is 0 Å². The summed E-state index contributed by atoms with van der Waals surface area (Å²) in [6.07, 6.45) is 0. The van der Waals surface area contributed by atoms with Crippen molar-refractivity contribution >= 4 is 0 Å². The van der Waals surface area contributed by atoms with Crippen molar-refractivity contribution in [3.63, 3.8) is 0 Å². The zero-order valence-electron chi connectivity index (χ0n) is 3.25. The van der Waals surface area contributed by atoms with Crippen LogP contribution in [0.2, 0.25) is 0 Å². The van der Waals surface area contributed by atoms with Gasteiger partial charge in [-0.2, -0.15) is 0 Å². The third kappa shape index (κ3) is 457. The second kappa shape index (κ2) is 681. The van der Waals surface area contributed by atoms with Gasteiger partial charge in [0.25, 0.3) is 0 Å². The number of aliphatic hydroxyl groups excluding tert-OH is 2. The maximum Gasteiger partial charge on any atom is 0.0319 e. The van der Waals surface area contributed by atoms with Crippen LogP contribution in [0.15, 0.2) is 0 Å². The molecule has 0 spiro atoms. The Balaban J connectivity index is -0.00000000267. The Bertz CT molecular complexity index is 9.65. The van der Waals surface area contributed by atoms with E-state index in [0.717, 1.165) is 14.2 Å². The van der Waals surface area contributed by atoms with Crippen LogP contribution in [0.25, 0.3) is 0 Å². The minimum atomic E-state index is 0. The van der Waals surface area contributed by atoms with Crippen LogP contribution in [-0.2, 0) is 19.5 Å². The van der Waals surface area contributed by atoms with Gasteiger partial charge in [0.05, 0.1) is 0 Å². The minimum Gasteiger partial charge on any atom is -0.400 e. The first kappa shape index (κ1) is 49.9. The summed E-state index contributed by atoms with van der Waals surface area (Å²) >= 11 is 0. The molecule has 0 aromatic heterocycles. The molecule has 0 saturated heterocycles. The predicted molar refractivity (Wildman–Crippen MR) is 29.7 cm³/mol. The summed E-state index contributed by atoms with van der Waals surface area (Å²) in [7, 11) is 2.00. The summed E-state index contributed by atoms with van der Waals surface area (Å²) < 4.78 is 0. The molecule has 2 N–H and O–H groups in total. The Morgan fingerprint density at radius 2 is 0.714 bits per heavy atom. The van der Waals surface area contributed by atoms with Crippen molar-refractivity contribution in [1.82, 2.24) is 0 Å². The average molecular weight is 197 g/mol. The molecule has 2 nitrogen and oxygen atoms in total. The fraction of sp³-hybridized carbons (Fsp3) is 1.00. The standard InChI is InChI=1S/2CH4O.2CH4.Ru/c2*1-2;;;/h2*2H,1H3;2*1H4;. The summed E-state index contributed by atoms with van der Waals surface area (Å²) in [4.78, 5) is 0. The summed E-state index contributed by atoms with van der Waals surface area (Å²) in [5.41, 5.74) is 0. The third-order valence-electron chi connectivity index (χ3n) is 0. The Morgan fingerprint density at radius 3 is 0.714 bits per heavy atom. The fourth-order valence-corrected chi connectivity index (χ4v) is 0. The molecular formula is C4H16O2Ru. The molecule has 0 atom stereocenters. The van der Waals surface area contributed by atoms with Gasteiger partial charge in [-0.15, -0.1) is 0 Å². The van der Waals surface area contributed by atoms with Gasteiger partial charge < -0.3 is 10.2 Å². The third-order valence-corrected chi connectivity index (χ3v) is 0. The van der Waals surface area contributed by atoms with Gasteiger partial charge in [-0.25, -0.2) is 0 Å². The van der Waals surface area contributed by atoms with Crippen molar-refractivity contribution in [1.29, 1.82) is 0 Å². The number of hydrogen-bond acceptors (Lipinski definition) is 2. The molecule has 0 fully saturated rings. The molecule has 0 aliphatic carbocycles. The van der Waals surface area contributed by atoms with E-state index in [-0.39, 0.29) is 34.3 Å². The Labute approximate surface area is 59.3 Å². The molecule has 0 rings (SSSR count). The van der Waals surface area contributed by atoms with Crippen molar-refractivity contribution in [3.05, 3.63) is 0 Å². The van der Waals surface area contributed by atoms with Crippen molar-refractivity contribution in [2.24, 2.45) is 0 Å². The van der Waals surface area contributed by atoms with E-state index < -0.39 is 0 Å². The molecule has 0 aromatic rings. The Hall–Kier alpha value is 0.543. The van der Waals surface area contributed by atoms with E-state index in [2.05, 4.69) is 0 Å². The summed E-state index contributed by atoms with van der Waals surface area (Å²) in [6, 6.07) is 0. The van der Waals surface area contributed by atoms with Gasteiger partial charge in [-0.3, -0.25) is 0 Å². The van der Waals surface area contributed by atoms with E-state index in [0.29, 0.717) is 0 Å². The van der Waals surface area contributed by atoms with E-state index in [1.807, 2.05) is 0 Å². The minimum absolute atomic E-state index is 0. The van der Waals surface area contributed by atoms with Gasteiger partial charge in [0, 0.05) is 33.7 Å². The quantitative estimate of drug-likeness (QED) is 0.555. The second-order valence-electron chi connectivity index (χ2n) is 0. The Kier molecular flexibility index (Phi) is 4860. The molecule has 3 heteroatoms. The second-order valence-corrected chi connectivity index (χ2v) is 0. The summed E-state index contributed by atoms with van der Waals surface area (Å²) in [6.45, 7) is 0. The molecule has 0 bridgehead atoms. The molecule has 0 heterocycles. The first-order valence-corrected chi connectivity index (χ1v) is 0.894. The van der Waals surface area contributed by atoms with Crippen LogP contribution in [0.3, 0.4) is 0 Å². The van der Waals surface area contributed by atoms with E-state index >= 15 is 0 Å². The van der Waals surface area contributed by atoms with Crippen molar-refractivity contribution in [2.45, 2.75) is 14.9 Å². The molecule has 0 aromatic carbocycles. The largest absolute Gasteiger partial charge is 0.400 e. The van der Waals surface area contributed by atoms with Crippen LogP contribution in [0.5, 0.6) is 0 Å². The van der Waals surface area contributed by atoms with Crippen LogP contribution >= 0.6 is 0 Å². The van der Waals surface area contributed by atoms with Gasteiger partial charge in [0.15, 0.2) is 0 Å². The molecule has 0 aliphatic rings. The van der Waals surface area contributed by atoms with Crippen LogP contribution in [0.1, 0.15) is 14.9 Å². The first-order valence-electron chi connectivity index (χ1n) is 0.894. The summed E-state index contributed by atoms with van der Waals surface area (Å²) in [5, 5.41) is 14.0. The molecular weight excluding hydrogens is 181 g/mol. The van der Waals surface area contributed by atoms with Gasteiger partial charge in [-0.1, -0.05) is 14.9 Å². The average Bonchev–Trinajstić information content (AvgIpc) is 1.50. The van der Waals surface area contributed by atoms with Crippen LogP contribution < -0.4 is 0 Å². The van der Waals surface area contributed by atoms with Crippen LogP contribution in [0.4, 0.5) is 0 Å². The van der Waals surface area contributed by atoms with E-state index in [4.69, 9.17) is 10.2 Å². The van der Waals surface area contributed by atoms with Crippen LogP contribution in [0, 0.1) is 0 Å². The zero-order valence-corrected chi connectivity index (χ0v) is 4.99. The van der Waals surface area contributed by atoms with Crippen molar-refractivity contribution in [2.75, 3.05) is 14.2 Å². The van der Waals surface area contributed by atoms with Crippen LogP contribution in [-0.4, -0.2) is 24.4 Å². The molecule has 7 heavy (non-hydrogen) atoms. The predicted octanol–water partition coefficient (Wildman–Crippen LogP) is 0.487. The zero-order chi connectivity index (χ0) is 4.00. The molecule has 0 aliphatic heterocycles. The monoisotopic (exact) mass is 198 g/mol. The molecule has 52 valence electrons. The number of hydrogen-bond donors (Lipinski definition) is 2. The number of rotatable bonds is 0. The maximum atomic E-state index is 7.00. The smallest absolute Gasteiger partial charge is 0.0319 e. The molecule has 0 saturated carbocycles. The van der Waals surface area contributed by atoms with Gasteiger partial charge >= 0.3 is 0 Å². The first-order chi connectivity index (χ1) is 2.00. The number of aliphatic hydroxyl groups is 2. The SMILES string of the molecule is C.C.CO.CO.[Ru]. The van der Waals surface area contributed by atoms with Gasteiger partial charge in [0.1, 0.15) is 0 Å². The normalized spacial score (nSPS) is 1.71. The topological polar surface area (TPSA) is 40.5 Å². The van der Waals surface area contributed by atoms with Gasteiger partial charge in [-0.05, 0) is 0 Å². The molecule has 0 radical (unpaired) electrons.